The van der Waals surface area contributed by atoms with Gasteiger partial charge < -0.3 is 4.74 Å². The van der Waals surface area contributed by atoms with Crippen molar-refractivity contribution in [1.82, 2.24) is 9.55 Å². The number of benzene rings is 1. The molecule has 0 spiro atoms. The molecular formula is C14H17ClN2O. The zero-order valence-corrected chi connectivity index (χ0v) is 11.4. The summed E-state index contributed by atoms with van der Waals surface area (Å²) in [5.41, 5.74) is 2.17. The molecule has 0 amide bonds. The Balaban J connectivity index is 2.37. The van der Waals surface area contributed by atoms with E-state index < -0.39 is 0 Å². The molecule has 2 aromatic rings. The number of halogens is 1. The van der Waals surface area contributed by atoms with Crippen LogP contribution in [0.3, 0.4) is 0 Å². The van der Waals surface area contributed by atoms with E-state index in [9.17, 15) is 0 Å². The number of ether oxygens (including phenoxy) is 1. The molecule has 0 N–H and O–H groups in total. The molecule has 0 aliphatic carbocycles. The molecule has 1 aromatic heterocycles. The Morgan fingerprint density at radius 3 is 2.61 bits per heavy atom. The maximum Gasteiger partial charge on any atom is 0.296 e. The minimum absolute atomic E-state index is 0.661. The molecule has 0 fully saturated rings. The summed E-state index contributed by atoms with van der Waals surface area (Å²) >= 11 is 5.91. The first-order chi connectivity index (χ1) is 8.76. The predicted octanol–water partition coefficient (Wildman–Crippen LogP) is 4.01. The lowest BCUT2D eigenvalue weighted by Gasteiger charge is -2.10. The number of aromatic nitrogens is 2. The molecule has 3 nitrogen and oxygen atoms in total. The van der Waals surface area contributed by atoms with Crippen LogP contribution in [0.1, 0.15) is 19.8 Å². The van der Waals surface area contributed by atoms with Crippen LogP contribution in [0.2, 0.25) is 5.02 Å². The van der Waals surface area contributed by atoms with Gasteiger partial charge in [0.05, 0.1) is 19.0 Å². The largest absolute Gasteiger partial charge is 0.468 e. The fraction of sp³-hybridized carbons (Fsp3) is 0.357. The van der Waals surface area contributed by atoms with E-state index in [1.807, 2.05) is 30.5 Å². The van der Waals surface area contributed by atoms with Gasteiger partial charge in [0.1, 0.15) is 0 Å². The number of nitrogens with zero attached hydrogens (tertiary/aromatic N) is 2. The highest BCUT2D eigenvalue weighted by Gasteiger charge is 2.11. The van der Waals surface area contributed by atoms with Crippen molar-refractivity contribution < 1.29 is 4.74 Å². The standard InChI is InChI=1S/C14H17ClN2O/c1-3-4-9-17-13(10-16-14(17)18-2)11-5-7-12(15)8-6-11/h5-8,10H,3-4,9H2,1-2H3. The highest BCUT2D eigenvalue weighted by molar-refractivity contribution is 6.30. The molecular weight excluding hydrogens is 248 g/mol. The van der Waals surface area contributed by atoms with Crippen LogP contribution < -0.4 is 4.74 Å². The SMILES string of the molecule is CCCCn1c(-c2ccc(Cl)cc2)cnc1OC. The van der Waals surface area contributed by atoms with Gasteiger partial charge in [-0.2, -0.15) is 0 Å². The van der Waals surface area contributed by atoms with Crippen LogP contribution in [0, 0.1) is 0 Å². The van der Waals surface area contributed by atoms with E-state index in [0.29, 0.717) is 6.01 Å². The smallest absolute Gasteiger partial charge is 0.296 e. The fourth-order valence-corrected chi connectivity index (χ4v) is 2.03. The summed E-state index contributed by atoms with van der Waals surface area (Å²) in [6.45, 7) is 3.09. The third-order valence-corrected chi connectivity index (χ3v) is 3.13. The summed E-state index contributed by atoms with van der Waals surface area (Å²) in [6.07, 6.45) is 4.09. The molecule has 0 aliphatic rings. The highest BCUT2D eigenvalue weighted by Crippen LogP contribution is 2.26. The topological polar surface area (TPSA) is 27.1 Å². The van der Waals surface area contributed by atoms with Crippen LogP contribution in [-0.2, 0) is 6.54 Å². The summed E-state index contributed by atoms with van der Waals surface area (Å²) in [4.78, 5) is 4.29. The summed E-state index contributed by atoms with van der Waals surface area (Å²) in [6, 6.07) is 8.44. The lowest BCUT2D eigenvalue weighted by Crippen LogP contribution is -2.03. The summed E-state index contributed by atoms with van der Waals surface area (Å²) in [5.74, 6) is 0. The van der Waals surface area contributed by atoms with Gasteiger partial charge in [-0.05, 0) is 24.1 Å². The molecule has 4 heteroatoms. The van der Waals surface area contributed by atoms with Crippen molar-refractivity contribution in [1.29, 1.82) is 0 Å². The van der Waals surface area contributed by atoms with E-state index in [4.69, 9.17) is 16.3 Å². The number of imidazole rings is 1. The van der Waals surface area contributed by atoms with Gasteiger partial charge >= 0.3 is 0 Å². The molecule has 0 bridgehead atoms. The summed E-state index contributed by atoms with van der Waals surface area (Å²) < 4.78 is 7.40. The molecule has 96 valence electrons. The second-order valence-corrected chi connectivity index (χ2v) is 4.58. The third-order valence-electron chi connectivity index (χ3n) is 2.88. The summed E-state index contributed by atoms with van der Waals surface area (Å²) in [5, 5.41) is 0.741. The van der Waals surface area contributed by atoms with Gasteiger partial charge in [0.2, 0.25) is 0 Å². The highest BCUT2D eigenvalue weighted by atomic mass is 35.5. The van der Waals surface area contributed by atoms with Crippen LogP contribution in [0.15, 0.2) is 30.5 Å². The first kappa shape index (κ1) is 13.0. The minimum Gasteiger partial charge on any atom is -0.468 e. The maximum atomic E-state index is 5.91. The van der Waals surface area contributed by atoms with Gasteiger partial charge in [-0.3, -0.25) is 4.57 Å². The zero-order chi connectivity index (χ0) is 13.0. The average Bonchev–Trinajstić information content (AvgIpc) is 2.80. The molecule has 1 heterocycles. The van der Waals surface area contributed by atoms with E-state index in [2.05, 4.69) is 16.5 Å². The van der Waals surface area contributed by atoms with Gasteiger partial charge in [-0.1, -0.05) is 37.1 Å². The van der Waals surface area contributed by atoms with Gasteiger partial charge in [0, 0.05) is 11.6 Å². The van der Waals surface area contributed by atoms with E-state index in [1.54, 1.807) is 7.11 Å². The third kappa shape index (κ3) is 2.67. The Morgan fingerprint density at radius 2 is 2.00 bits per heavy atom. The Labute approximate surface area is 112 Å². The van der Waals surface area contributed by atoms with E-state index >= 15 is 0 Å². The van der Waals surface area contributed by atoms with Crippen LogP contribution in [0.5, 0.6) is 6.01 Å². The van der Waals surface area contributed by atoms with Gasteiger partial charge in [-0.25, -0.2) is 4.98 Å². The Bertz CT molecular complexity index is 505. The van der Waals surface area contributed by atoms with Gasteiger partial charge in [0.15, 0.2) is 0 Å². The number of methoxy groups -OCH3 is 1. The molecule has 2 rings (SSSR count). The number of unbranched alkanes of at least 4 members (excludes halogenated alkanes) is 1. The molecule has 0 aliphatic heterocycles. The molecule has 0 radical (unpaired) electrons. The van der Waals surface area contributed by atoms with Crippen LogP contribution in [-0.4, -0.2) is 16.7 Å². The monoisotopic (exact) mass is 264 g/mol. The normalized spacial score (nSPS) is 10.6. The first-order valence-corrected chi connectivity index (χ1v) is 6.49. The second kappa shape index (κ2) is 5.91. The van der Waals surface area contributed by atoms with Crippen molar-refractivity contribution in [3.63, 3.8) is 0 Å². The van der Waals surface area contributed by atoms with Crippen molar-refractivity contribution >= 4 is 11.6 Å². The van der Waals surface area contributed by atoms with Crippen molar-refractivity contribution in [3.05, 3.63) is 35.5 Å². The quantitative estimate of drug-likeness (QED) is 0.816. The minimum atomic E-state index is 0.661. The molecule has 0 unspecified atom stereocenters. The van der Waals surface area contributed by atoms with Crippen molar-refractivity contribution in [2.24, 2.45) is 0 Å². The molecule has 0 atom stereocenters. The number of hydrogen-bond donors (Lipinski definition) is 0. The van der Waals surface area contributed by atoms with Gasteiger partial charge in [0.25, 0.3) is 6.01 Å². The Morgan fingerprint density at radius 1 is 1.28 bits per heavy atom. The molecule has 0 saturated heterocycles. The molecule has 18 heavy (non-hydrogen) atoms. The number of hydrogen-bond acceptors (Lipinski definition) is 2. The zero-order valence-electron chi connectivity index (χ0n) is 10.7. The van der Waals surface area contributed by atoms with Crippen molar-refractivity contribution in [2.75, 3.05) is 7.11 Å². The van der Waals surface area contributed by atoms with Crippen LogP contribution >= 0.6 is 11.6 Å². The maximum absolute atomic E-state index is 5.91. The number of rotatable bonds is 5. The second-order valence-electron chi connectivity index (χ2n) is 4.14. The lowest BCUT2D eigenvalue weighted by atomic mass is 10.1. The van der Waals surface area contributed by atoms with Crippen molar-refractivity contribution in [3.8, 4) is 17.3 Å². The summed E-state index contributed by atoms with van der Waals surface area (Å²) in [7, 11) is 1.65. The predicted molar refractivity (Wildman–Crippen MR) is 74.1 cm³/mol. The van der Waals surface area contributed by atoms with Crippen molar-refractivity contribution in [2.45, 2.75) is 26.3 Å². The Hall–Kier alpha value is -1.48. The van der Waals surface area contributed by atoms with E-state index in [-0.39, 0.29) is 0 Å². The van der Waals surface area contributed by atoms with Gasteiger partial charge in [-0.15, -0.1) is 0 Å². The first-order valence-electron chi connectivity index (χ1n) is 6.11. The van der Waals surface area contributed by atoms with Crippen LogP contribution in [0.4, 0.5) is 0 Å². The van der Waals surface area contributed by atoms with E-state index in [1.165, 1.54) is 0 Å². The Kier molecular flexibility index (Phi) is 4.26. The lowest BCUT2D eigenvalue weighted by molar-refractivity contribution is 0.355. The molecule has 1 aromatic carbocycles. The van der Waals surface area contributed by atoms with Crippen LogP contribution in [0.25, 0.3) is 11.3 Å². The average molecular weight is 265 g/mol. The van der Waals surface area contributed by atoms with E-state index in [0.717, 1.165) is 35.7 Å². The fourth-order valence-electron chi connectivity index (χ4n) is 1.91. The molecule has 0 saturated carbocycles.